The van der Waals surface area contributed by atoms with Crippen molar-refractivity contribution in [3.8, 4) is 0 Å². The summed E-state index contributed by atoms with van der Waals surface area (Å²) < 4.78 is 68.4. The third kappa shape index (κ3) is 67.3. The second-order valence-electron chi connectivity index (χ2n) is 28.2. The van der Waals surface area contributed by atoms with E-state index < -0.39 is 97.5 Å². The molecule has 19 heteroatoms. The molecule has 94 heavy (non-hydrogen) atoms. The second kappa shape index (κ2) is 65.7. The van der Waals surface area contributed by atoms with E-state index in [1.165, 1.54) is 186 Å². The molecule has 0 radical (unpaired) electrons. The Hall–Kier alpha value is -1.94. The Bertz CT molecular complexity index is 1840. The van der Waals surface area contributed by atoms with Gasteiger partial charge in [-0.05, 0) is 43.4 Å². The zero-order valence-electron chi connectivity index (χ0n) is 61.4. The molecule has 3 N–H and O–H groups in total. The predicted octanol–water partition coefficient (Wildman–Crippen LogP) is 21.8. The summed E-state index contributed by atoms with van der Waals surface area (Å²) in [7, 11) is -9.91. The Labute approximate surface area is 575 Å². The van der Waals surface area contributed by atoms with Crippen molar-refractivity contribution in [2.45, 2.75) is 401 Å². The molecule has 558 valence electrons. The molecule has 0 aliphatic carbocycles. The van der Waals surface area contributed by atoms with E-state index in [0.29, 0.717) is 31.6 Å². The van der Waals surface area contributed by atoms with Crippen molar-refractivity contribution in [2.24, 2.45) is 17.8 Å². The Morgan fingerprint density at radius 1 is 0.309 bits per heavy atom. The van der Waals surface area contributed by atoms with Crippen molar-refractivity contribution >= 4 is 39.5 Å². The molecule has 3 unspecified atom stereocenters. The number of carbonyl (C=O) groups is 4. The summed E-state index contributed by atoms with van der Waals surface area (Å²) in [4.78, 5) is 72.7. The van der Waals surface area contributed by atoms with Gasteiger partial charge in [0.25, 0.3) is 0 Å². The smallest absolute Gasteiger partial charge is 0.462 e. The van der Waals surface area contributed by atoms with Gasteiger partial charge in [-0.3, -0.25) is 37.3 Å². The summed E-state index contributed by atoms with van der Waals surface area (Å²) in [6.45, 7) is 11.8. The first-order valence-corrected chi connectivity index (χ1v) is 41.9. The number of phosphoric acid groups is 2. The molecule has 0 aromatic rings. The zero-order valence-corrected chi connectivity index (χ0v) is 63.2. The van der Waals surface area contributed by atoms with Crippen LogP contribution < -0.4 is 0 Å². The van der Waals surface area contributed by atoms with Gasteiger partial charge in [-0.15, -0.1) is 0 Å². The van der Waals surface area contributed by atoms with Crippen molar-refractivity contribution in [3.05, 3.63) is 0 Å². The number of carbonyl (C=O) groups excluding carboxylic acids is 4. The van der Waals surface area contributed by atoms with Crippen LogP contribution in [-0.4, -0.2) is 96.7 Å². The van der Waals surface area contributed by atoms with Crippen LogP contribution in [0.2, 0.25) is 0 Å². The van der Waals surface area contributed by atoms with Crippen molar-refractivity contribution in [2.75, 3.05) is 39.6 Å². The number of esters is 4. The van der Waals surface area contributed by atoms with Gasteiger partial charge in [-0.1, -0.05) is 331 Å². The van der Waals surface area contributed by atoms with E-state index in [4.69, 9.17) is 37.0 Å². The van der Waals surface area contributed by atoms with Gasteiger partial charge in [-0.2, -0.15) is 0 Å². The van der Waals surface area contributed by atoms with Crippen LogP contribution in [0.25, 0.3) is 0 Å². The monoisotopic (exact) mass is 1380 g/mol. The maximum atomic E-state index is 13.1. The Balaban J connectivity index is 5.22. The SMILES string of the molecule is CCCCCCCCCCCCCCCCCCCCC(=O)O[C@H](COC(=O)CCCCCCCCCCCCCCCCC(C)C)COP(=O)(O)OC[C@@H](O)COP(=O)(O)OC[C@@H](COC(=O)CCCCCCCCC(C)C)OC(=O)CCCCCCCCC(C)CC. The minimum atomic E-state index is -4.96. The molecule has 0 saturated carbocycles. The summed E-state index contributed by atoms with van der Waals surface area (Å²) in [6, 6.07) is 0. The topological polar surface area (TPSA) is 237 Å². The molecule has 0 aromatic carbocycles. The first kappa shape index (κ1) is 92.1. The first-order valence-electron chi connectivity index (χ1n) is 38.9. The van der Waals surface area contributed by atoms with Crippen LogP contribution in [-0.2, 0) is 65.4 Å². The molecule has 0 aromatic heterocycles. The highest BCUT2D eigenvalue weighted by Gasteiger charge is 2.30. The predicted molar refractivity (Wildman–Crippen MR) is 381 cm³/mol. The highest BCUT2D eigenvalue weighted by molar-refractivity contribution is 7.47. The largest absolute Gasteiger partial charge is 0.472 e. The van der Waals surface area contributed by atoms with Gasteiger partial charge in [0, 0.05) is 25.7 Å². The van der Waals surface area contributed by atoms with E-state index in [-0.39, 0.29) is 25.7 Å². The lowest BCUT2D eigenvalue weighted by Gasteiger charge is -2.21. The standard InChI is InChI=1S/C75H146O17P2/c1-8-10-11-12-13-14-15-16-17-18-19-20-25-28-31-34-44-51-58-74(79)91-70(62-85-72(77)56-49-42-33-30-27-24-22-21-23-26-29-32-39-46-53-66(3)4)64-89-93(81,82)87-60-69(76)61-88-94(83,84)90-65-71(63-86-73(78)57-50-43-37-35-40-47-54-67(5)6)92-75(80)59-52-45-38-36-41-48-55-68(7)9-2/h66-71,76H,8-65H2,1-7H3,(H,81,82)(H,83,84)/t68?,69-,70-,71-/m1/s1. The van der Waals surface area contributed by atoms with Crippen LogP contribution in [0, 0.1) is 17.8 Å². The molecule has 0 aliphatic rings. The third-order valence-electron chi connectivity index (χ3n) is 17.7. The van der Waals surface area contributed by atoms with Gasteiger partial charge >= 0.3 is 39.5 Å². The van der Waals surface area contributed by atoms with Crippen LogP contribution >= 0.6 is 15.6 Å². The molecule has 0 spiro atoms. The summed E-state index contributed by atoms with van der Waals surface area (Å²) in [6.07, 6.45) is 51.6. The number of rotatable bonds is 73. The first-order chi connectivity index (χ1) is 45.3. The second-order valence-corrected chi connectivity index (χ2v) is 31.1. The van der Waals surface area contributed by atoms with Gasteiger partial charge < -0.3 is 33.8 Å². The number of unbranched alkanes of at least 4 members (excludes halogenated alkanes) is 40. The van der Waals surface area contributed by atoms with E-state index >= 15 is 0 Å². The van der Waals surface area contributed by atoms with Crippen molar-refractivity contribution < 1.29 is 80.2 Å². The lowest BCUT2D eigenvalue weighted by molar-refractivity contribution is -0.161. The van der Waals surface area contributed by atoms with Gasteiger partial charge in [-0.25, -0.2) is 9.13 Å². The number of hydrogen-bond acceptors (Lipinski definition) is 15. The van der Waals surface area contributed by atoms with Crippen molar-refractivity contribution in [1.29, 1.82) is 0 Å². The maximum absolute atomic E-state index is 13.1. The Morgan fingerprint density at radius 3 is 0.809 bits per heavy atom. The fourth-order valence-electron chi connectivity index (χ4n) is 11.4. The summed E-state index contributed by atoms with van der Waals surface area (Å²) in [5.74, 6) is 0.0745. The highest BCUT2D eigenvalue weighted by Crippen LogP contribution is 2.45. The molecule has 0 fully saturated rings. The van der Waals surface area contributed by atoms with Crippen LogP contribution in [0.15, 0.2) is 0 Å². The molecule has 0 aliphatic heterocycles. The van der Waals surface area contributed by atoms with E-state index in [2.05, 4.69) is 48.5 Å². The Kier molecular flexibility index (Phi) is 64.3. The van der Waals surface area contributed by atoms with E-state index in [1.54, 1.807) is 0 Å². The van der Waals surface area contributed by atoms with Crippen LogP contribution in [0.5, 0.6) is 0 Å². The minimum absolute atomic E-state index is 0.102. The van der Waals surface area contributed by atoms with Gasteiger partial charge in [0.05, 0.1) is 26.4 Å². The molecule has 6 atom stereocenters. The number of phosphoric ester groups is 2. The molecule has 0 saturated heterocycles. The highest BCUT2D eigenvalue weighted by atomic mass is 31.2. The van der Waals surface area contributed by atoms with Crippen molar-refractivity contribution in [3.63, 3.8) is 0 Å². The summed E-state index contributed by atoms with van der Waals surface area (Å²) in [5.41, 5.74) is 0. The number of aliphatic hydroxyl groups is 1. The molecule has 0 rings (SSSR count). The molecule has 0 bridgehead atoms. The maximum Gasteiger partial charge on any atom is 0.472 e. The molecule has 0 amide bonds. The van der Waals surface area contributed by atoms with Gasteiger partial charge in [0.1, 0.15) is 19.3 Å². The Morgan fingerprint density at radius 2 is 0.543 bits per heavy atom. The van der Waals surface area contributed by atoms with Gasteiger partial charge in [0.15, 0.2) is 12.2 Å². The fraction of sp³-hybridized carbons (Fsp3) is 0.947. The molecular formula is C75H146O17P2. The van der Waals surface area contributed by atoms with Gasteiger partial charge in [0.2, 0.25) is 0 Å². The average Bonchev–Trinajstić information content (AvgIpc) is 1.63. The minimum Gasteiger partial charge on any atom is -0.462 e. The van der Waals surface area contributed by atoms with Crippen molar-refractivity contribution in [1.82, 2.24) is 0 Å². The number of ether oxygens (including phenoxy) is 4. The van der Waals surface area contributed by atoms with Crippen LogP contribution in [0.3, 0.4) is 0 Å². The van der Waals surface area contributed by atoms with Crippen LogP contribution in [0.1, 0.15) is 382 Å². The molecular weight excluding hydrogens is 1230 g/mol. The van der Waals surface area contributed by atoms with E-state index in [1.807, 2.05) is 0 Å². The number of hydrogen-bond donors (Lipinski definition) is 3. The van der Waals surface area contributed by atoms with E-state index in [0.717, 1.165) is 108 Å². The average molecular weight is 1380 g/mol. The summed E-state index contributed by atoms with van der Waals surface area (Å²) >= 11 is 0. The fourth-order valence-corrected chi connectivity index (χ4v) is 13.0. The van der Waals surface area contributed by atoms with E-state index in [9.17, 15) is 43.2 Å². The normalized spacial score (nSPS) is 14.4. The summed E-state index contributed by atoms with van der Waals surface area (Å²) in [5, 5.41) is 10.6. The zero-order chi connectivity index (χ0) is 69.4. The van der Waals surface area contributed by atoms with Crippen LogP contribution in [0.4, 0.5) is 0 Å². The quantitative estimate of drug-likeness (QED) is 0.0222. The third-order valence-corrected chi connectivity index (χ3v) is 19.6. The molecule has 17 nitrogen and oxygen atoms in total. The number of aliphatic hydroxyl groups excluding tert-OH is 1. The molecule has 0 heterocycles. The lowest BCUT2D eigenvalue weighted by Crippen LogP contribution is -2.30. The lowest BCUT2D eigenvalue weighted by atomic mass is 10.00.